The Balaban J connectivity index is 2.67. The first-order valence-electron chi connectivity index (χ1n) is 6.01. The minimum absolute atomic E-state index is 0.0519. The summed E-state index contributed by atoms with van der Waals surface area (Å²) in [6.45, 7) is 6.69. The first kappa shape index (κ1) is 14.0. The fourth-order valence-electron chi connectivity index (χ4n) is 1.54. The van der Waals surface area contributed by atoms with Crippen molar-refractivity contribution in [2.45, 2.75) is 13.5 Å². The number of hydrogen-bond acceptors (Lipinski definition) is 1. The Morgan fingerprint density at radius 3 is 2.61 bits per heavy atom. The van der Waals surface area contributed by atoms with E-state index in [1.807, 2.05) is 61.6 Å². The van der Waals surface area contributed by atoms with Crippen LogP contribution in [0.25, 0.3) is 0 Å². The van der Waals surface area contributed by atoms with Crippen LogP contribution in [0.1, 0.15) is 12.5 Å². The topological polar surface area (TPSA) is 20.3 Å². The maximum Gasteiger partial charge on any atom is 0.246 e. The van der Waals surface area contributed by atoms with Gasteiger partial charge in [-0.1, -0.05) is 61.2 Å². The van der Waals surface area contributed by atoms with E-state index in [9.17, 15) is 4.79 Å². The lowest BCUT2D eigenvalue weighted by Crippen LogP contribution is -2.28. The van der Waals surface area contributed by atoms with Crippen molar-refractivity contribution >= 4 is 5.91 Å². The molecule has 1 aromatic rings. The third-order valence-corrected chi connectivity index (χ3v) is 2.47. The van der Waals surface area contributed by atoms with Crippen LogP contribution < -0.4 is 0 Å². The van der Waals surface area contributed by atoms with E-state index in [4.69, 9.17) is 0 Å². The van der Waals surface area contributed by atoms with Crippen molar-refractivity contribution in [2.24, 2.45) is 0 Å². The molecule has 94 valence electrons. The Hall–Kier alpha value is -2.09. The van der Waals surface area contributed by atoms with Gasteiger partial charge in [-0.05, 0) is 18.6 Å². The van der Waals surface area contributed by atoms with Crippen molar-refractivity contribution in [1.82, 2.24) is 4.90 Å². The molecular formula is C16H19NO. The molecule has 0 saturated heterocycles. The Kier molecular flexibility index (Phi) is 6.26. The molecule has 0 atom stereocenters. The zero-order valence-electron chi connectivity index (χ0n) is 10.8. The molecule has 1 amide bonds. The highest BCUT2D eigenvalue weighted by atomic mass is 16.2. The van der Waals surface area contributed by atoms with Crippen molar-refractivity contribution in [3.8, 4) is 0 Å². The molecule has 0 aromatic heterocycles. The second kappa shape index (κ2) is 8.07. The number of carbonyl (C=O) groups excluding carboxylic acids is 1. The van der Waals surface area contributed by atoms with E-state index in [-0.39, 0.29) is 5.91 Å². The summed E-state index contributed by atoms with van der Waals surface area (Å²) in [7, 11) is 0. The summed E-state index contributed by atoms with van der Waals surface area (Å²) in [5, 5.41) is 0. The van der Waals surface area contributed by atoms with E-state index in [1.54, 1.807) is 4.90 Å². The van der Waals surface area contributed by atoms with Crippen molar-refractivity contribution in [3.63, 3.8) is 0 Å². The molecule has 0 heterocycles. The third-order valence-electron chi connectivity index (χ3n) is 2.47. The monoisotopic (exact) mass is 241 g/mol. The van der Waals surface area contributed by atoms with Gasteiger partial charge in [-0.2, -0.15) is 0 Å². The van der Waals surface area contributed by atoms with Crippen LogP contribution in [0.4, 0.5) is 0 Å². The predicted octanol–water partition coefficient (Wildman–Crippen LogP) is 3.33. The van der Waals surface area contributed by atoms with Crippen LogP contribution in [0.3, 0.4) is 0 Å². The predicted molar refractivity (Wildman–Crippen MR) is 76.0 cm³/mol. The van der Waals surface area contributed by atoms with Gasteiger partial charge >= 0.3 is 0 Å². The van der Waals surface area contributed by atoms with E-state index in [1.165, 1.54) is 6.08 Å². The van der Waals surface area contributed by atoms with Crippen molar-refractivity contribution in [2.75, 3.05) is 6.54 Å². The van der Waals surface area contributed by atoms with Gasteiger partial charge in [0.2, 0.25) is 5.91 Å². The lowest BCUT2D eigenvalue weighted by atomic mass is 10.2. The average Bonchev–Trinajstić information content (AvgIpc) is 2.42. The number of benzene rings is 1. The summed E-state index contributed by atoms with van der Waals surface area (Å²) in [6.07, 6.45) is 9.15. The van der Waals surface area contributed by atoms with Gasteiger partial charge in [0.25, 0.3) is 0 Å². The number of carbonyl (C=O) groups is 1. The average molecular weight is 241 g/mol. The zero-order chi connectivity index (χ0) is 13.2. The largest absolute Gasteiger partial charge is 0.331 e. The summed E-state index contributed by atoms with van der Waals surface area (Å²) in [5.41, 5.74) is 1.12. The molecule has 2 nitrogen and oxygen atoms in total. The van der Waals surface area contributed by atoms with Crippen LogP contribution in [0.15, 0.2) is 67.3 Å². The van der Waals surface area contributed by atoms with E-state index < -0.39 is 0 Å². The Morgan fingerprint density at radius 1 is 1.28 bits per heavy atom. The molecule has 18 heavy (non-hydrogen) atoms. The van der Waals surface area contributed by atoms with E-state index in [0.717, 1.165) is 5.56 Å². The maximum atomic E-state index is 11.7. The van der Waals surface area contributed by atoms with Gasteiger partial charge in [0.15, 0.2) is 0 Å². The van der Waals surface area contributed by atoms with E-state index in [0.29, 0.717) is 13.1 Å². The molecule has 0 N–H and O–H groups in total. The fourth-order valence-corrected chi connectivity index (χ4v) is 1.54. The van der Waals surface area contributed by atoms with Crippen LogP contribution in [-0.4, -0.2) is 17.4 Å². The normalized spacial score (nSPS) is 10.9. The van der Waals surface area contributed by atoms with Gasteiger partial charge in [-0.25, -0.2) is 0 Å². The highest BCUT2D eigenvalue weighted by molar-refractivity contribution is 5.87. The minimum Gasteiger partial charge on any atom is -0.331 e. The van der Waals surface area contributed by atoms with Gasteiger partial charge in [0.05, 0.1) is 0 Å². The van der Waals surface area contributed by atoms with Crippen molar-refractivity contribution in [1.29, 1.82) is 0 Å². The zero-order valence-corrected chi connectivity index (χ0v) is 10.8. The molecule has 0 spiro atoms. The molecular weight excluding hydrogens is 222 g/mol. The van der Waals surface area contributed by atoms with E-state index >= 15 is 0 Å². The SMILES string of the molecule is C=CC(=O)N(C/C=C/C=C/C)Cc1ccccc1. The first-order chi connectivity index (χ1) is 8.77. The quantitative estimate of drug-likeness (QED) is 0.552. The summed E-state index contributed by atoms with van der Waals surface area (Å²) in [5.74, 6) is -0.0519. The number of amides is 1. The summed E-state index contributed by atoms with van der Waals surface area (Å²) < 4.78 is 0. The second-order valence-electron chi connectivity index (χ2n) is 3.86. The Labute approximate surface area is 109 Å². The van der Waals surface area contributed by atoms with Gasteiger partial charge < -0.3 is 4.90 Å². The summed E-state index contributed by atoms with van der Waals surface area (Å²) in [4.78, 5) is 13.5. The fraction of sp³-hybridized carbons (Fsp3) is 0.188. The van der Waals surface area contributed by atoms with Crippen molar-refractivity contribution < 1.29 is 4.79 Å². The number of hydrogen-bond donors (Lipinski definition) is 0. The molecule has 0 fully saturated rings. The van der Waals surface area contributed by atoms with Gasteiger partial charge in [-0.3, -0.25) is 4.79 Å². The number of allylic oxidation sites excluding steroid dienone is 3. The number of rotatable bonds is 6. The first-order valence-corrected chi connectivity index (χ1v) is 6.01. The molecule has 0 unspecified atom stereocenters. The molecule has 0 aliphatic carbocycles. The van der Waals surface area contributed by atoms with Gasteiger partial charge in [-0.15, -0.1) is 0 Å². The summed E-state index contributed by atoms with van der Waals surface area (Å²) >= 11 is 0. The van der Waals surface area contributed by atoms with Crippen LogP contribution >= 0.6 is 0 Å². The molecule has 0 bridgehead atoms. The molecule has 0 aliphatic heterocycles. The van der Waals surface area contributed by atoms with Gasteiger partial charge in [0.1, 0.15) is 0 Å². The lowest BCUT2D eigenvalue weighted by Gasteiger charge is -2.19. The van der Waals surface area contributed by atoms with Crippen molar-refractivity contribution in [3.05, 3.63) is 72.9 Å². The standard InChI is InChI=1S/C16H19NO/c1-3-5-6-10-13-17(16(18)4-2)14-15-11-8-7-9-12-15/h3-12H,2,13-14H2,1H3/b5-3+,10-6+. The lowest BCUT2D eigenvalue weighted by molar-refractivity contribution is -0.126. The van der Waals surface area contributed by atoms with E-state index in [2.05, 4.69) is 6.58 Å². The highest BCUT2D eigenvalue weighted by Crippen LogP contribution is 2.05. The van der Waals surface area contributed by atoms with Gasteiger partial charge in [0, 0.05) is 13.1 Å². The Morgan fingerprint density at radius 2 is 2.00 bits per heavy atom. The molecule has 1 rings (SSSR count). The second-order valence-corrected chi connectivity index (χ2v) is 3.86. The Bertz CT molecular complexity index is 432. The van der Waals surface area contributed by atoms with Crippen LogP contribution in [0.2, 0.25) is 0 Å². The minimum atomic E-state index is -0.0519. The van der Waals surface area contributed by atoms with Crippen LogP contribution in [0, 0.1) is 0 Å². The highest BCUT2D eigenvalue weighted by Gasteiger charge is 2.08. The molecule has 0 aliphatic rings. The molecule has 1 aromatic carbocycles. The van der Waals surface area contributed by atoms with Crippen LogP contribution in [-0.2, 0) is 11.3 Å². The molecule has 0 saturated carbocycles. The maximum absolute atomic E-state index is 11.7. The number of nitrogens with zero attached hydrogens (tertiary/aromatic N) is 1. The van der Waals surface area contributed by atoms with Crippen LogP contribution in [0.5, 0.6) is 0 Å². The smallest absolute Gasteiger partial charge is 0.246 e. The molecule has 0 radical (unpaired) electrons. The third kappa shape index (κ3) is 4.83. The summed E-state index contributed by atoms with van der Waals surface area (Å²) in [6, 6.07) is 9.94. The molecule has 2 heteroatoms.